The van der Waals surface area contributed by atoms with E-state index in [0.717, 1.165) is 19.3 Å². The number of carbonyl (C=O) groups is 1. The van der Waals surface area contributed by atoms with E-state index in [4.69, 9.17) is 19.3 Å². The predicted molar refractivity (Wildman–Crippen MR) is 155 cm³/mol. The summed E-state index contributed by atoms with van der Waals surface area (Å²) in [6.45, 7) is 3.06. The van der Waals surface area contributed by atoms with Gasteiger partial charge in [0.2, 0.25) is 0 Å². The van der Waals surface area contributed by atoms with Gasteiger partial charge in [-0.3, -0.25) is 14.9 Å². The number of rotatable bonds is 21. The number of ether oxygens (including phenoxy) is 2. The molecule has 1 amide bonds. The van der Waals surface area contributed by atoms with E-state index in [9.17, 15) is 9.36 Å². The van der Waals surface area contributed by atoms with Crippen LogP contribution in [0, 0.1) is 0 Å². The van der Waals surface area contributed by atoms with Gasteiger partial charge in [-0.25, -0.2) is 14.8 Å². The molecule has 0 fully saturated rings. The molecule has 0 saturated heterocycles. The molecule has 0 spiro atoms. The number of allylic oxidation sites excluding steroid dienone is 2. The summed E-state index contributed by atoms with van der Waals surface area (Å²) in [6, 6.07) is -0.477. The Kier molecular flexibility index (Phi) is 16.9. The third-order valence-corrected chi connectivity index (χ3v) is 7.09. The fourth-order valence-corrected chi connectivity index (χ4v) is 4.77. The van der Waals surface area contributed by atoms with Crippen molar-refractivity contribution in [1.29, 1.82) is 0 Å². The van der Waals surface area contributed by atoms with E-state index in [1.807, 2.05) is 0 Å². The average molecular weight is 570 g/mol. The van der Waals surface area contributed by atoms with E-state index in [1.54, 1.807) is 11.2 Å². The maximum Gasteiger partial charge on any atom is 0.412 e. The van der Waals surface area contributed by atoms with Crippen LogP contribution in [0.2, 0.25) is 0 Å². The van der Waals surface area contributed by atoms with Gasteiger partial charge < -0.3 is 24.2 Å². The molecule has 0 aromatic rings. The van der Waals surface area contributed by atoms with Crippen LogP contribution in [0.3, 0.4) is 0 Å². The summed E-state index contributed by atoms with van der Waals surface area (Å²) in [4.78, 5) is 44.5. The summed E-state index contributed by atoms with van der Waals surface area (Å²) in [5.41, 5.74) is 0. The van der Waals surface area contributed by atoms with Gasteiger partial charge in [0.25, 0.3) is 0 Å². The highest BCUT2D eigenvalue weighted by molar-refractivity contribution is 7.51. The lowest BCUT2D eigenvalue weighted by Gasteiger charge is -2.26. The summed E-state index contributed by atoms with van der Waals surface area (Å²) in [5, 5.41) is 2.67. The first kappa shape index (κ1) is 33.1. The van der Waals surface area contributed by atoms with Crippen molar-refractivity contribution >= 4 is 32.2 Å². The largest absolute Gasteiger partial charge is 0.449 e. The standard InChI is InChI=1S/C27H48N5O6P/c1-2-3-4-5-6-7-8-9-10-11-12-13-14-15-16-17-19-38-27(33)31-25-24-26(29-21-28-25)32(22-30-24)18-20-37-23-39(34,35)36/h9-10,21-22,24,26H,2-8,11-20,23H2,1H3,(H2,34,35,36)(H,28,29,31,33)/b10-9-. The van der Waals surface area contributed by atoms with Gasteiger partial charge in [-0.15, -0.1) is 0 Å². The second kappa shape index (κ2) is 19.9. The highest BCUT2D eigenvalue weighted by Crippen LogP contribution is 2.33. The van der Waals surface area contributed by atoms with E-state index in [-0.39, 0.29) is 6.61 Å². The monoisotopic (exact) mass is 569 g/mol. The van der Waals surface area contributed by atoms with Crippen molar-refractivity contribution in [2.75, 3.05) is 26.1 Å². The van der Waals surface area contributed by atoms with E-state index in [2.05, 4.69) is 39.4 Å². The van der Waals surface area contributed by atoms with Crippen LogP contribution < -0.4 is 5.32 Å². The van der Waals surface area contributed by atoms with Crippen LogP contribution in [-0.2, 0) is 14.0 Å². The molecule has 12 heteroatoms. The lowest BCUT2D eigenvalue weighted by molar-refractivity contribution is 0.136. The zero-order chi connectivity index (χ0) is 28.2. The van der Waals surface area contributed by atoms with Crippen LogP contribution in [0.5, 0.6) is 0 Å². The van der Waals surface area contributed by atoms with E-state index < -0.39 is 32.2 Å². The van der Waals surface area contributed by atoms with Gasteiger partial charge in [-0.05, 0) is 32.1 Å². The number of amides is 1. The van der Waals surface area contributed by atoms with Crippen molar-refractivity contribution in [2.24, 2.45) is 15.0 Å². The molecule has 0 aromatic carbocycles. The Morgan fingerprint density at radius 3 is 2.28 bits per heavy atom. The highest BCUT2D eigenvalue weighted by Gasteiger charge is 2.36. The topological polar surface area (TPSA) is 145 Å². The number of hydrogen-bond donors (Lipinski definition) is 3. The Morgan fingerprint density at radius 1 is 0.974 bits per heavy atom. The van der Waals surface area contributed by atoms with Gasteiger partial charge in [-0.2, -0.15) is 0 Å². The van der Waals surface area contributed by atoms with Crippen LogP contribution in [-0.4, -0.2) is 77.6 Å². The predicted octanol–water partition coefficient (Wildman–Crippen LogP) is 5.38. The number of alkyl carbamates (subject to hydrolysis) is 1. The first-order valence-corrected chi connectivity index (χ1v) is 16.3. The minimum Gasteiger partial charge on any atom is -0.449 e. The number of nitrogens with one attached hydrogen (secondary N) is 1. The Labute approximate surface area is 233 Å². The van der Waals surface area contributed by atoms with Crippen LogP contribution in [0.25, 0.3) is 0 Å². The van der Waals surface area contributed by atoms with Crippen LogP contribution >= 0.6 is 7.60 Å². The van der Waals surface area contributed by atoms with Crippen molar-refractivity contribution in [3.63, 3.8) is 0 Å². The first-order chi connectivity index (χ1) is 18.9. The molecule has 3 N–H and O–H groups in total. The van der Waals surface area contributed by atoms with Crippen molar-refractivity contribution < 1.29 is 28.6 Å². The Morgan fingerprint density at radius 2 is 1.62 bits per heavy atom. The lowest BCUT2D eigenvalue weighted by atomic mass is 10.1. The first-order valence-electron chi connectivity index (χ1n) is 14.5. The Bertz CT molecular complexity index is 860. The number of nitrogens with zero attached hydrogens (tertiary/aromatic N) is 4. The van der Waals surface area contributed by atoms with Crippen LogP contribution in [0.4, 0.5) is 4.79 Å². The van der Waals surface area contributed by atoms with Crippen molar-refractivity contribution in [3.8, 4) is 0 Å². The molecule has 2 heterocycles. The molecule has 2 rings (SSSR count). The number of amidine groups is 1. The maximum absolute atomic E-state index is 12.2. The third kappa shape index (κ3) is 15.3. The van der Waals surface area contributed by atoms with Gasteiger partial charge in [0.1, 0.15) is 18.5 Å². The third-order valence-electron chi connectivity index (χ3n) is 6.57. The summed E-state index contributed by atoms with van der Waals surface area (Å²) in [6.07, 6.45) is 23.2. The number of fused-ring (bicyclic) bond motifs is 1. The molecule has 0 saturated carbocycles. The molecule has 2 aliphatic rings. The number of hydrogen-bond acceptors (Lipinski definition) is 8. The SMILES string of the molecule is CCCCCCCC/C=C\CCCCCCCCOC(=O)NC1=NC=NC2C1N=CN2CCOCP(=O)(O)O. The second-order valence-electron chi connectivity index (χ2n) is 10.0. The van der Waals surface area contributed by atoms with Gasteiger partial charge in [-0.1, -0.05) is 76.9 Å². The van der Waals surface area contributed by atoms with Crippen LogP contribution in [0.1, 0.15) is 96.8 Å². The fourth-order valence-electron chi connectivity index (χ4n) is 4.41. The molecular formula is C27H48N5O6P. The molecule has 2 unspecified atom stereocenters. The van der Waals surface area contributed by atoms with Gasteiger partial charge >= 0.3 is 13.7 Å². The zero-order valence-corrected chi connectivity index (χ0v) is 24.3. The summed E-state index contributed by atoms with van der Waals surface area (Å²) < 4.78 is 21.2. The lowest BCUT2D eigenvalue weighted by Crippen LogP contribution is -2.48. The molecule has 0 bridgehead atoms. The molecule has 39 heavy (non-hydrogen) atoms. The zero-order valence-electron chi connectivity index (χ0n) is 23.5. The molecule has 2 aliphatic heterocycles. The molecule has 11 nitrogen and oxygen atoms in total. The normalized spacial score (nSPS) is 18.5. The van der Waals surface area contributed by atoms with Gasteiger partial charge in [0.15, 0.2) is 12.2 Å². The van der Waals surface area contributed by atoms with E-state index in [0.29, 0.717) is 19.0 Å². The van der Waals surface area contributed by atoms with Crippen LogP contribution in [0.15, 0.2) is 27.1 Å². The van der Waals surface area contributed by atoms with E-state index >= 15 is 0 Å². The minimum atomic E-state index is -4.20. The number of unbranched alkanes of at least 4 members (excludes halogenated alkanes) is 12. The molecule has 2 atom stereocenters. The van der Waals surface area contributed by atoms with Gasteiger partial charge in [0, 0.05) is 6.54 Å². The molecule has 0 aliphatic carbocycles. The average Bonchev–Trinajstić information content (AvgIpc) is 3.32. The quantitative estimate of drug-likeness (QED) is 0.0956. The van der Waals surface area contributed by atoms with Crippen molar-refractivity contribution in [2.45, 2.75) is 109 Å². The number of aliphatic imine (C=N–C) groups is 3. The van der Waals surface area contributed by atoms with Gasteiger partial charge in [0.05, 0.1) is 19.6 Å². The molecular weight excluding hydrogens is 521 g/mol. The summed E-state index contributed by atoms with van der Waals surface area (Å²) >= 11 is 0. The number of carbonyl (C=O) groups excluding carboxylic acids is 1. The molecule has 222 valence electrons. The van der Waals surface area contributed by atoms with Crippen molar-refractivity contribution in [1.82, 2.24) is 10.2 Å². The highest BCUT2D eigenvalue weighted by atomic mass is 31.2. The Balaban J connectivity index is 1.45. The smallest absolute Gasteiger partial charge is 0.412 e. The summed E-state index contributed by atoms with van der Waals surface area (Å²) in [7, 11) is -4.20. The molecule has 0 aromatic heterocycles. The molecule has 0 radical (unpaired) electrons. The second-order valence-corrected chi connectivity index (χ2v) is 11.6. The minimum absolute atomic E-state index is 0.105. The Hall–Kier alpha value is -2.07. The van der Waals surface area contributed by atoms with E-state index in [1.165, 1.54) is 77.0 Å². The maximum atomic E-state index is 12.2. The summed E-state index contributed by atoms with van der Waals surface area (Å²) in [5.74, 6) is 0.357. The fraction of sp³-hybridized carbons (Fsp3) is 0.778. The van der Waals surface area contributed by atoms with Crippen molar-refractivity contribution in [3.05, 3.63) is 12.2 Å².